The topological polar surface area (TPSA) is 92.6 Å². The molecule has 0 radical (unpaired) electrons. The number of carbonyl (C=O) groups is 2. The van der Waals surface area contributed by atoms with Crippen molar-refractivity contribution in [2.45, 2.75) is 38.6 Å². The number of amides is 2. The number of nitrogens with zero attached hydrogens (tertiary/aromatic N) is 2. The number of benzene rings is 3. The van der Waals surface area contributed by atoms with E-state index >= 15 is 0 Å². The molecule has 0 aromatic heterocycles. The van der Waals surface area contributed by atoms with Gasteiger partial charge in [0, 0.05) is 42.4 Å². The van der Waals surface area contributed by atoms with Gasteiger partial charge in [-0.3, -0.25) is 19.7 Å². The molecule has 0 unspecified atom stereocenters. The third-order valence-corrected chi connectivity index (χ3v) is 7.25. The standard InChI is InChI=1S/C29H32ClN3O4S/c1-21(2)17-31-29(35)27(16-22-8-4-3-5-9-22)32(18-24-10-6-7-11-26(24)30)28(34)20-38-19-23-12-14-25(15-13-23)33(36)37/h3-15,21,27H,16-20H2,1-2H3,(H,31,35)/t27-/m1/s1. The molecule has 0 spiro atoms. The van der Waals surface area contributed by atoms with Gasteiger partial charge >= 0.3 is 0 Å². The number of nitro groups is 1. The minimum absolute atomic E-state index is 0.0249. The number of thioether (sulfide) groups is 1. The highest BCUT2D eigenvalue weighted by Gasteiger charge is 2.30. The zero-order chi connectivity index (χ0) is 27.5. The second-order valence-corrected chi connectivity index (χ2v) is 10.8. The van der Waals surface area contributed by atoms with E-state index in [1.165, 1.54) is 23.9 Å². The van der Waals surface area contributed by atoms with Crippen molar-refractivity contribution in [1.82, 2.24) is 10.2 Å². The zero-order valence-corrected chi connectivity index (χ0v) is 23.1. The van der Waals surface area contributed by atoms with Gasteiger partial charge in [0.2, 0.25) is 11.8 Å². The lowest BCUT2D eigenvalue weighted by atomic mass is 10.0. The molecule has 9 heteroatoms. The zero-order valence-electron chi connectivity index (χ0n) is 21.5. The van der Waals surface area contributed by atoms with E-state index in [1.807, 2.05) is 62.4 Å². The first kappa shape index (κ1) is 29.2. The summed E-state index contributed by atoms with van der Waals surface area (Å²) in [7, 11) is 0. The van der Waals surface area contributed by atoms with Crippen molar-refractivity contribution in [1.29, 1.82) is 0 Å². The Hall–Kier alpha value is -3.36. The van der Waals surface area contributed by atoms with Gasteiger partial charge < -0.3 is 10.2 Å². The summed E-state index contributed by atoms with van der Waals surface area (Å²) in [4.78, 5) is 39.2. The van der Waals surface area contributed by atoms with Crippen LogP contribution in [0.4, 0.5) is 5.69 Å². The summed E-state index contributed by atoms with van der Waals surface area (Å²) in [6.07, 6.45) is 0.369. The van der Waals surface area contributed by atoms with Gasteiger partial charge in [-0.25, -0.2) is 0 Å². The van der Waals surface area contributed by atoms with Crippen molar-refractivity contribution >= 4 is 40.9 Å². The van der Waals surface area contributed by atoms with Crippen LogP contribution >= 0.6 is 23.4 Å². The van der Waals surface area contributed by atoms with Gasteiger partial charge in [-0.15, -0.1) is 11.8 Å². The largest absolute Gasteiger partial charge is 0.354 e. The maximum Gasteiger partial charge on any atom is 0.269 e. The Labute approximate surface area is 232 Å². The Morgan fingerprint density at radius 1 is 0.974 bits per heavy atom. The molecular weight excluding hydrogens is 522 g/mol. The van der Waals surface area contributed by atoms with Gasteiger partial charge in [0.05, 0.1) is 10.7 Å². The van der Waals surface area contributed by atoms with E-state index in [4.69, 9.17) is 11.6 Å². The first-order valence-electron chi connectivity index (χ1n) is 12.4. The lowest BCUT2D eigenvalue weighted by Crippen LogP contribution is -2.51. The molecule has 7 nitrogen and oxygen atoms in total. The fraction of sp³-hybridized carbons (Fsp3) is 0.310. The average molecular weight is 554 g/mol. The highest BCUT2D eigenvalue weighted by atomic mass is 35.5. The van der Waals surface area contributed by atoms with Gasteiger partial charge in [0.25, 0.3) is 5.69 Å². The van der Waals surface area contributed by atoms with E-state index in [2.05, 4.69) is 5.32 Å². The molecule has 0 saturated carbocycles. The van der Waals surface area contributed by atoms with Crippen molar-refractivity contribution < 1.29 is 14.5 Å². The number of carbonyl (C=O) groups excluding carboxylic acids is 2. The van der Waals surface area contributed by atoms with Crippen LogP contribution in [0.3, 0.4) is 0 Å². The quantitative estimate of drug-likeness (QED) is 0.210. The molecule has 0 heterocycles. The summed E-state index contributed by atoms with van der Waals surface area (Å²) in [6.45, 7) is 4.75. The molecule has 38 heavy (non-hydrogen) atoms. The second kappa shape index (κ2) is 14.5. The Balaban J connectivity index is 1.82. The predicted octanol–water partition coefficient (Wildman–Crippen LogP) is 5.89. The van der Waals surface area contributed by atoms with Crippen LogP contribution in [0.25, 0.3) is 0 Å². The smallest absolute Gasteiger partial charge is 0.269 e. The molecule has 0 aliphatic heterocycles. The van der Waals surface area contributed by atoms with Crippen LogP contribution in [-0.2, 0) is 28.3 Å². The van der Waals surface area contributed by atoms with E-state index in [0.29, 0.717) is 23.7 Å². The molecule has 0 saturated heterocycles. The van der Waals surface area contributed by atoms with Gasteiger partial charge in [0.1, 0.15) is 6.04 Å². The Bertz CT molecular complexity index is 1220. The summed E-state index contributed by atoms with van der Waals surface area (Å²) >= 11 is 7.85. The van der Waals surface area contributed by atoms with E-state index in [0.717, 1.165) is 16.7 Å². The molecule has 0 bridgehead atoms. The minimum atomic E-state index is -0.722. The van der Waals surface area contributed by atoms with Gasteiger partial charge in [-0.05, 0) is 28.7 Å². The van der Waals surface area contributed by atoms with Crippen molar-refractivity contribution in [2.75, 3.05) is 12.3 Å². The average Bonchev–Trinajstić information content (AvgIpc) is 2.91. The van der Waals surface area contributed by atoms with Crippen LogP contribution in [0.5, 0.6) is 0 Å². The molecule has 2 amide bonds. The molecule has 0 fully saturated rings. The molecule has 1 N–H and O–H groups in total. The maximum absolute atomic E-state index is 13.7. The van der Waals surface area contributed by atoms with Crippen LogP contribution in [0.1, 0.15) is 30.5 Å². The van der Waals surface area contributed by atoms with Crippen molar-refractivity contribution in [2.24, 2.45) is 5.92 Å². The molecule has 0 aliphatic carbocycles. The summed E-state index contributed by atoms with van der Waals surface area (Å²) in [5.41, 5.74) is 2.61. The number of nitrogens with one attached hydrogen (secondary N) is 1. The molecule has 3 aromatic rings. The van der Waals surface area contributed by atoms with Crippen molar-refractivity contribution in [3.63, 3.8) is 0 Å². The normalized spacial score (nSPS) is 11.7. The predicted molar refractivity (Wildman–Crippen MR) is 153 cm³/mol. The maximum atomic E-state index is 13.7. The Morgan fingerprint density at radius 2 is 1.63 bits per heavy atom. The molecule has 1 atom stereocenters. The number of non-ortho nitro benzene ring substituents is 1. The third-order valence-electron chi connectivity index (χ3n) is 5.90. The first-order chi connectivity index (χ1) is 18.2. The molecule has 0 aliphatic rings. The number of halogens is 1. The molecular formula is C29H32ClN3O4S. The number of hydrogen-bond donors (Lipinski definition) is 1. The van der Waals surface area contributed by atoms with Gasteiger partial charge in [-0.2, -0.15) is 0 Å². The summed E-state index contributed by atoms with van der Waals surface area (Å²) in [6, 6.07) is 22.5. The SMILES string of the molecule is CC(C)CNC(=O)[C@@H](Cc1ccccc1)N(Cc1ccccc1Cl)C(=O)CSCc1ccc([N+](=O)[O-])cc1. The molecule has 3 rings (SSSR count). The number of rotatable bonds is 13. The van der Waals surface area contributed by atoms with Gasteiger partial charge in [-0.1, -0.05) is 86.1 Å². The lowest BCUT2D eigenvalue weighted by Gasteiger charge is -2.32. The van der Waals surface area contributed by atoms with E-state index in [1.54, 1.807) is 23.1 Å². The van der Waals surface area contributed by atoms with Crippen LogP contribution in [-0.4, -0.2) is 40.0 Å². The summed E-state index contributed by atoms with van der Waals surface area (Å²) in [5, 5.41) is 14.4. The highest BCUT2D eigenvalue weighted by molar-refractivity contribution is 7.99. The summed E-state index contributed by atoms with van der Waals surface area (Å²) < 4.78 is 0. The fourth-order valence-corrected chi connectivity index (χ4v) is 4.91. The third kappa shape index (κ3) is 8.89. The van der Waals surface area contributed by atoms with Gasteiger partial charge in [0.15, 0.2) is 0 Å². The second-order valence-electron chi connectivity index (χ2n) is 9.37. The minimum Gasteiger partial charge on any atom is -0.354 e. The van der Waals surface area contributed by atoms with E-state index < -0.39 is 11.0 Å². The van der Waals surface area contributed by atoms with Crippen LogP contribution in [0, 0.1) is 16.0 Å². The van der Waals surface area contributed by atoms with Crippen LogP contribution < -0.4 is 5.32 Å². The monoisotopic (exact) mass is 553 g/mol. The van der Waals surface area contributed by atoms with E-state index in [9.17, 15) is 19.7 Å². The Kier molecular flexibility index (Phi) is 11.2. The summed E-state index contributed by atoms with van der Waals surface area (Å²) in [5.74, 6) is 0.526. The fourth-order valence-electron chi connectivity index (χ4n) is 3.84. The van der Waals surface area contributed by atoms with E-state index in [-0.39, 0.29) is 35.7 Å². The molecule has 200 valence electrons. The number of nitro benzene ring substituents is 1. The first-order valence-corrected chi connectivity index (χ1v) is 13.9. The van der Waals surface area contributed by atoms with Crippen molar-refractivity contribution in [3.8, 4) is 0 Å². The Morgan fingerprint density at radius 3 is 2.26 bits per heavy atom. The highest BCUT2D eigenvalue weighted by Crippen LogP contribution is 2.23. The lowest BCUT2D eigenvalue weighted by molar-refractivity contribution is -0.384. The molecule has 3 aromatic carbocycles. The van der Waals surface area contributed by atoms with Crippen LogP contribution in [0.2, 0.25) is 5.02 Å². The van der Waals surface area contributed by atoms with Crippen molar-refractivity contribution in [3.05, 3.63) is 111 Å². The van der Waals surface area contributed by atoms with Crippen LogP contribution in [0.15, 0.2) is 78.9 Å². The number of hydrogen-bond acceptors (Lipinski definition) is 5.